The van der Waals surface area contributed by atoms with Gasteiger partial charge >= 0.3 is 5.97 Å². The molecule has 2 rings (SSSR count). The number of rotatable bonds is 3. The number of aryl methyl sites for hydroxylation is 1. The fraction of sp³-hybridized carbons (Fsp3) is 0.231. The van der Waals surface area contributed by atoms with Crippen molar-refractivity contribution in [3.05, 3.63) is 34.4 Å². The highest BCUT2D eigenvalue weighted by Crippen LogP contribution is 2.36. The first-order valence-electron chi connectivity index (χ1n) is 5.65. The molecule has 1 N–H and O–H groups in total. The highest BCUT2D eigenvalue weighted by molar-refractivity contribution is 9.10. The van der Waals surface area contributed by atoms with Gasteiger partial charge < -0.3 is 10.0 Å². The molecule has 0 radical (unpaired) electrons. The van der Waals surface area contributed by atoms with Crippen molar-refractivity contribution in [1.82, 2.24) is 9.78 Å². The third kappa shape index (κ3) is 2.49. The van der Waals surface area contributed by atoms with E-state index in [1.54, 1.807) is 17.8 Å². The Hall–Kier alpha value is -1.82. The Bertz CT molecular complexity index is 635. The molecule has 6 heteroatoms. The molecule has 0 spiro atoms. The Balaban J connectivity index is 2.68. The molecule has 0 atom stereocenters. The van der Waals surface area contributed by atoms with E-state index in [2.05, 4.69) is 21.0 Å². The van der Waals surface area contributed by atoms with Crippen LogP contribution in [-0.4, -0.2) is 35.0 Å². The molecule has 0 aliphatic heterocycles. The van der Waals surface area contributed by atoms with Crippen LogP contribution in [0.4, 0.5) is 5.69 Å². The maximum absolute atomic E-state index is 11.0. The summed E-state index contributed by atoms with van der Waals surface area (Å²) in [5.41, 5.74) is 2.72. The minimum Gasteiger partial charge on any atom is -0.476 e. The fourth-order valence-corrected chi connectivity index (χ4v) is 2.50. The largest absolute Gasteiger partial charge is 0.476 e. The Morgan fingerprint density at radius 1 is 1.42 bits per heavy atom. The molecule has 0 bridgehead atoms. The van der Waals surface area contributed by atoms with Crippen LogP contribution in [0, 0.1) is 0 Å². The number of halogens is 1. The molecular formula is C13H14BrN3O2. The van der Waals surface area contributed by atoms with Crippen LogP contribution in [0.2, 0.25) is 0 Å². The molecule has 0 amide bonds. The number of anilines is 1. The summed E-state index contributed by atoms with van der Waals surface area (Å²) in [5.74, 6) is -1.03. The average Bonchev–Trinajstić information content (AvgIpc) is 2.71. The third-order valence-electron chi connectivity index (χ3n) is 2.83. The number of benzene rings is 1. The van der Waals surface area contributed by atoms with Gasteiger partial charge in [-0.15, -0.1) is 0 Å². The molecule has 0 unspecified atom stereocenters. The van der Waals surface area contributed by atoms with Crippen LogP contribution in [0.15, 0.2) is 28.7 Å². The van der Waals surface area contributed by atoms with Gasteiger partial charge in [0.2, 0.25) is 0 Å². The van der Waals surface area contributed by atoms with Gasteiger partial charge in [0.15, 0.2) is 5.69 Å². The van der Waals surface area contributed by atoms with E-state index in [4.69, 9.17) is 5.11 Å². The Morgan fingerprint density at radius 2 is 2.11 bits per heavy atom. The van der Waals surface area contributed by atoms with Crippen molar-refractivity contribution in [3.63, 3.8) is 0 Å². The second-order valence-corrected chi connectivity index (χ2v) is 5.23. The number of carbonyl (C=O) groups is 1. The second-order valence-electron chi connectivity index (χ2n) is 4.37. The van der Waals surface area contributed by atoms with E-state index >= 15 is 0 Å². The number of hydrogen-bond donors (Lipinski definition) is 1. The van der Waals surface area contributed by atoms with E-state index in [1.807, 2.05) is 37.2 Å². The molecule has 1 aromatic carbocycles. The number of carboxylic acid groups (broad SMARTS) is 1. The average molecular weight is 324 g/mol. The van der Waals surface area contributed by atoms with Crippen molar-refractivity contribution in [2.45, 2.75) is 0 Å². The zero-order chi connectivity index (χ0) is 14.2. The summed E-state index contributed by atoms with van der Waals surface area (Å²) in [6, 6.07) is 7.43. The number of carboxylic acids is 1. The number of aromatic carboxylic acids is 1. The molecule has 0 aliphatic carbocycles. The van der Waals surface area contributed by atoms with Crippen LogP contribution in [0.1, 0.15) is 10.5 Å². The van der Waals surface area contributed by atoms with E-state index in [-0.39, 0.29) is 5.69 Å². The zero-order valence-corrected chi connectivity index (χ0v) is 12.5. The van der Waals surface area contributed by atoms with Crippen LogP contribution in [-0.2, 0) is 7.05 Å². The minimum absolute atomic E-state index is 0.0398. The number of aromatic nitrogens is 2. The summed E-state index contributed by atoms with van der Waals surface area (Å²) in [7, 11) is 5.63. The summed E-state index contributed by atoms with van der Waals surface area (Å²) in [5, 5.41) is 13.0. The SMILES string of the molecule is CN(C)c1cccc(Br)c1-c1cc(C(=O)O)nn1C. The second kappa shape index (κ2) is 5.05. The molecule has 1 aromatic heterocycles. The van der Waals surface area contributed by atoms with Crippen LogP contribution < -0.4 is 4.90 Å². The first-order chi connectivity index (χ1) is 8.91. The lowest BCUT2D eigenvalue weighted by Gasteiger charge is -2.18. The van der Waals surface area contributed by atoms with Crippen molar-refractivity contribution >= 4 is 27.6 Å². The first kappa shape index (κ1) is 13.6. The van der Waals surface area contributed by atoms with Crippen LogP contribution in [0.5, 0.6) is 0 Å². The predicted octanol–water partition coefficient (Wildman–Crippen LogP) is 2.61. The van der Waals surface area contributed by atoms with Crippen molar-refractivity contribution < 1.29 is 9.90 Å². The van der Waals surface area contributed by atoms with Gasteiger partial charge in [-0.1, -0.05) is 22.0 Å². The van der Waals surface area contributed by atoms with Gasteiger partial charge in [0.25, 0.3) is 0 Å². The Kier molecular flexibility index (Phi) is 3.61. The fourth-order valence-electron chi connectivity index (χ4n) is 1.94. The van der Waals surface area contributed by atoms with E-state index in [1.165, 1.54) is 0 Å². The standard InChI is InChI=1S/C13H14BrN3O2/c1-16(2)10-6-4-5-8(14)12(10)11-7-9(13(18)19)15-17(11)3/h4-7H,1-3H3,(H,18,19). The third-order valence-corrected chi connectivity index (χ3v) is 3.49. The Morgan fingerprint density at radius 3 is 2.63 bits per heavy atom. The maximum atomic E-state index is 11.0. The lowest BCUT2D eigenvalue weighted by Crippen LogP contribution is -2.11. The van der Waals surface area contributed by atoms with E-state index < -0.39 is 5.97 Å². The van der Waals surface area contributed by atoms with Gasteiger partial charge in [-0.2, -0.15) is 5.10 Å². The molecular weight excluding hydrogens is 310 g/mol. The molecule has 1 heterocycles. The van der Waals surface area contributed by atoms with Gasteiger partial charge in [0.05, 0.1) is 5.69 Å². The Labute approximate surface area is 119 Å². The summed E-state index contributed by atoms with van der Waals surface area (Å²) in [4.78, 5) is 13.0. The van der Waals surface area contributed by atoms with E-state index in [0.29, 0.717) is 0 Å². The quantitative estimate of drug-likeness (QED) is 0.943. The van der Waals surface area contributed by atoms with E-state index in [9.17, 15) is 4.79 Å². The molecule has 2 aromatic rings. The summed E-state index contributed by atoms with van der Waals surface area (Å²) in [6.07, 6.45) is 0. The van der Waals surface area contributed by atoms with Crippen molar-refractivity contribution in [3.8, 4) is 11.3 Å². The van der Waals surface area contributed by atoms with Crippen LogP contribution >= 0.6 is 15.9 Å². The molecule has 19 heavy (non-hydrogen) atoms. The van der Waals surface area contributed by atoms with Gasteiger partial charge in [-0.3, -0.25) is 4.68 Å². The number of nitrogens with zero attached hydrogens (tertiary/aromatic N) is 3. The number of hydrogen-bond acceptors (Lipinski definition) is 3. The minimum atomic E-state index is -1.03. The molecule has 5 nitrogen and oxygen atoms in total. The molecule has 0 saturated carbocycles. The normalized spacial score (nSPS) is 10.5. The maximum Gasteiger partial charge on any atom is 0.356 e. The van der Waals surface area contributed by atoms with Crippen LogP contribution in [0.3, 0.4) is 0 Å². The van der Waals surface area contributed by atoms with Gasteiger partial charge in [0.1, 0.15) is 0 Å². The molecule has 100 valence electrons. The van der Waals surface area contributed by atoms with Gasteiger partial charge in [-0.25, -0.2) is 4.79 Å². The topological polar surface area (TPSA) is 58.4 Å². The first-order valence-corrected chi connectivity index (χ1v) is 6.44. The smallest absolute Gasteiger partial charge is 0.356 e. The van der Waals surface area contributed by atoms with Crippen molar-refractivity contribution in [2.24, 2.45) is 7.05 Å². The lowest BCUT2D eigenvalue weighted by atomic mass is 10.1. The van der Waals surface area contributed by atoms with Crippen molar-refractivity contribution in [1.29, 1.82) is 0 Å². The molecule has 0 fully saturated rings. The summed E-state index contributed by atoms with van der Waals surface area (Å²) in [6.45, 7) is 0. The summed E-state index contributed by atoms with van der Waals surface area (Å²) >= 11 is 3.52. The monoisotopic (exact) mass is 323 g/mol. The predicted molar refractivity (Wildman–Crippen MR) is 77.6 cm³/mol. The van der Waals surface area contributed by atoms with Gasteiger partial charge in [-0.05, 0) is 18.2 Å². The molecule has 0 saturated heterocycles. The summed E-state index contributed by atoms with van der Waals surface area (Å²) < 4.78 is 2.48. The van der Waals surface area contributed by atoms with Crippen molar-refractivity contribution in [2.75, 3.05) is 19.0 Å². The van der Waals surface area contributed by atoms with E-state index in [0.717, 1.165) is 21.4 Å². The highest BCUT2D eigenvalue weighted by atomic mass is 79.9. The lowest BCUT2D eigenvalue weighted by molar-refractivity contribution is 0.0689. The highest BCUT2D eigenvalue weighted by Gasteiger charge is 2.18. The zero-order valence-electron chi connectivity index (χ0n) is 10.9. The van der Waals surface area contributed by atoms with Crippen LogP contribution in [0.25, 0.3) is 11.3 Å². The van der Waals surface area contributed by atoms with Gasteiger partial charge in [0, 0.05) is 36.9 Å². The molecule has 0 aliphatic rings.